The van der Waals surface area contributed by atoms with Crippen molar-refractivity contribution in [2.24, 2.45) is 5.92 Å². The zero-order valence-corrected chi connectivity index (χ0v) is 20.9. The second-order valence-corrected chi connectivity index (χ2v) is 10.6. The van der Waals surface area contributed by atoms with Crippen molar-refractivity contribution in [3.63, 3.8) is 0 Å². The summed E-state index contributed by atoms with van der Waals surface area (Å²) in [6.07, 6.45) is -0.536. The van der Waals surface area contributed by atoms with Crippen LogP contribution < -0.4 is 16.2 Å². The van der Waals surface area contributed by atoms with E-state index in [0.29, 0.717) is 34.9 Å². The SMILES string of the molecule is Cc1sc2nc(CSC(C)C(=O)Nc3cccc(NC(=O)OCC(C)C)c3)[nH]c(=O)c2c1C. The number of aryl methyl sites for hydroxylation is 2. The van der Waals surface area contributed by atoms with Gasteiger partial charge in [0.1, 0.15) is 10.7 Å². The standard InChI is InChI=1S/C23H28N4O4S2/c1-12(2)10-31-23(30)25-17-8-6-7-16(9-17)24-20(28)15(5)32-11-18-26-21(29)19-13(3)14(4)33-22(19)27-18/h6-9,12,15H,10-11H2,1-5H3,(H,24,28)(H,25,30)(H,26,27,29). The fourth-order valence-electron chi connectivity index (χ4n) is 2.96. The van der Waals surface area contributed by atoms with Gasteiger partial charge in [-0.15, -0.1) is 23.1 Å². The van der Waals surface area contributed by atoms with Gasteiger partial charge in [-0.1, -0.05) is 19.9 Å². The Hall–Kier alpha value is -2.85. The molecule has 33 heavy (non-hydrogen) atoms. The van der Waals surface area contributed by atoms with E-state index in [9.17, 15) is 14.4 Å². The lowest BCUT2D eigenvalue weighted by Gasteiger charge is -2.13. The summed E-state index contributed by atoms with van der Waals surface area (Å²) in [7, 11) is 0. The Kier molecular flexibility index (Phi) is 8.15. The van der Waals surface area contributed by atoms with Gasteiger partial charge in [-0.05, 0) is 50.5 Å². The molecule has 3 rings (SSSR count). The van der Waals surface area contributed by atoms with E-state index in [4.69, 9.17) is 4.74 Å². The molecule has 176 valence electrons. The van der Waals surface area contributed by atoms with Gasteiger partial charge in [-0.3, -0.25) is 14.9 Å². The van der Waals surface area contributed by atoms with Crippen molar-refractivity contribution in [1.29, 1.82) is 0 Å². The van der Waals surface area contributed by atoms with E-state index in [1.54, 1.807) is 31.2 Å². The van der Waals surface area contributed by atoms with E-state index >= 15 is 0 Å². The summed E-state index contributed by atoms with van der Waals surface area (Å²) in [5.41, 5.74) is 1.90. The van der Waals surface area contributed by atoms with Crippen molar-refractivity contribution in [1.82, 2.24) is 9.97 Å². The highest BCUT2D eigenvalue weighted by molar-refractivity contribution is 7.99. The molecule has 2 amide bonds. The number of hydrogen-bond acceptors (Lipinski definition) is 7. The highest BCUT2D eigenvalue weighted by Gasteiger charge is 2.17. The van der Waals surface area contributed by atoms with Crippen LogP contribution in [0.3, 0.4) is 0 Å². The number of aromatic nitrogens is 2. The summed E-state index contributed by atoms with van der Waals surface area (Å²) in [5.74, 6) is 1.00. The molecule has 0 saturated carbocycles. The molecule has 8 nitrogen and oxygen atoms in total. The summed E-state index contributed by atoms with van der Waals surface area (Å²) in [4.78, 5) is 46.1. The fraction of sp³-hybridized carbons (Fsp3) is 0.391. The number of nitrogens with one attached hydrogen (secondary N) is 3. The van der Waals surface area contributed by atoms with Crippen LogP contribution in [-0.2, 0) is 15.3 Å². The molecule has 0 aliphatic carbocycles. The number of benzene rings is 1. The highest BCUT2D eigenvalue weighted by atomic mass is 32.2. The lowest BCUT2D eigenvalue weighted by atomic mass is 10.2. The monoisotopic (exact) mass is 488 g/mol. The van der Waals surface area contributed by atoms with Crippen LogP contribution >= 0.6 is 23.1 Å². The molecule has 0 bridgehead atoms. The predicted octanol–water partition coefficient (Wildman–Crippen LogP) is 5.07. The average molecular weight is 489 g/mol. The Labute approximate surface area is 200 Å². The van der Waals surface area contributed by atoms with Gasteiger partial charge in [0, 0.05) is 16.3 Å². The van der Waals surface area contributed by atoms with Crippen LogP contribution in [0.1, 0.15) is 37.0 Å². The van der Waals surface area contributed by atoms with Crippen molar-refractivity contribution in [2.45, 2.75) is 45.6 Å². The molecule has 2 aromatic heterocycles. The van der Waals surface area contributed by atoms with Crippen molar-refractivity contribution in [3.8, 4) is 0 Å². The van der Waals surface area contributed by atoms with Crippen molar-refractivity contribution in [3.05, 3.63) is 50.9 Å². The smallest absolute Gasteiger partial charge is 0.411 e. The van der Waals surface area contributed by atoms with E-state index in [-0.39, 0.29) is 22.6 Å². The number of ether oxygens (including phenoxy) is 1. The molecule has 1 atom stereocenters. The van der Waals surface area contributed by atoms with Crippen molar-refractivity contribution < 1.29 is 14.3 Å². The quantitative estimate of drug-likeness (QED) is 0.408. The minimum atomic E-state index is -0.536. The van der Waals surface area contributed by atoms with Gasteiger partial charge in [0.2, 0.25) is 5.91 Å². The molecule has 3 aromatic rings. The zero-order chi connectivity index (χ0) is 24.1. The Morgan fingerprint density at radius 1 is 1.18 bits per heavy atom. The van der Waals surface area contributed by atoms with Crippen LogP contribution in [0.5, 0.6) is 0 Å². The Morgan fingerprint density at radius 3 is 2.58 bits per heavy atom. The number of aromatic amines is 1. The first kappa shape index (κ1) is 24.8. The maximum atomic E-state index is 12.6. The molecule has 1 unspecified atom stereocenters. The summed E-state index contributed by atoms with van der Waals surface area (Å²) in [6.45, 7) is 9.93. The Balaban J connectivity index is 1.57. The molecular weight excluding hydrogens is 460 g/mol. The lowest BCUT2D eigenvalue weighted by Crippen LogP contribution is -2.23. The maximum absolute atomic E-state index is 12.6. The lowest BCUT2D eigenvalue weighted by molar-refractivity contribution is -0.115. The van der Waals surface area contributed by atoms with Crippen molar-refractivity contribution in [2.75, 3.05) is 17.2 Å². The first-order valence-electron chi connectivity index (χ1n) is 10.6. The largest absolute Gasteiger partial charge is 0.449 e. The molecule has 0 spiro atoms. The number of fused-ring (bicyclic) bond motifs is 1. The second kappa shape index (κ2) is 10.8. The summed E-state index contributed by atoms with van der Waals surface area (Å²) in [6, 6.07) is 6.87. The number of carbonyl (C=O) groups is 2. The maximum Gasteiger partial charge on any atom is 0.411 e. The molecule has 0 fully saturated rings. The number of carbonyl (C=O) groups excluding carboxylic acids is 2. The number of thioether (sulfide) groups is 1. The number of H-pyrrole nitrogens is 1. The van der Waals surface area contributed by atoms with Crippen LogP contribution in [0.2, 0.25) is 0 Å². The summed E-state index contributed by atoms with van der Waals surface area (Å²) in [5, 5.41) is 5.76. The van der Waals surface area contributed by atoms with Gasteiger partial charge >= 0.3 is 6.09 Å². The number of anilines is 2. The molecule has 0 radical (unpaired) electrons. The van der Waals surface area contributed by atoms with Crippen LogP contribution in [0.25, 0.3) is 10.2 Å². The minimum absolute atomic E-state index is 0.147. The van der Waals surface area contributed by atoms with Gasteiger partial charge in [0.05, 0.1) is 23.0 Å². The minimum Gasteiger partial charge on any atom is -0.449 e. The number of amides is 2. The van der Waals surface area contributed by atoms with E-state index in [1.165, 1.54) is 23.1 Å². The third-order valence-corrected chi connectivity index (χ3v) is 7.11. The first-order chi connectivity index (χ1) is 15.6. The van der Waals surface area contributed by atoms with Crippen LogP contribution in [-0.4, -0.2) is 33.8 Å². The molecular formula is C23H28N4O4S2. The van der Waals surface area contributed by atoms with Gasteiger partial charge in [-0.2, -0.15) is 0 Å². The van der Waals surface area contributed by atoms with E-state index in [0.717, 1.165) is 15.3 Å². The zero-order valence-electron chi connectivity index (χ0n) is 19.3. The van der Waals surface area contributed by atoms with Gasteiger partial charge in [0.25, 0.3) is 5.56 Å². The normalized spacial score (nSPS) is 12.1. The van der Waals surface area contributed by atoms with Crippen LogP contribution in [0.4, 0.5) is 16.2 Å². The van der Waals surface area contributed by atoms with E-state index < -0.39 is 6.09 Å². The third-order valence-electron chi connectivity index (χ3n) is 4.85. The van der Waals surface area contributed by atoms with Gasteiger partial charge < -0.3 is 15.0 Å². The number of nitrogens with zero attached hydrogens (tertiary/aromatic N) is 1. The van der Waals surface area contributed by atoms with Crippen LogP contribution in [0.15, 0.2) is 29.1 Å². The van der Waals surface area contributed by atoms with Gasteiger partial charge in [-0.25, -0.2) is 9.78 Å². The second-order valence-electron chi connectivity index (χ2n) is 8.12. The highest BCUT2D eigenvalue weighted by Crippen LogP contribution is 2.27. The number of rotatable bonds is 8. The molecule has 10 heteroatoms. The third kappa shape index (κ3) is 6.58. The topological polar surface area (TPSA) is 113 Å². The summed E-state index contributed by atoms with van der Waals surface area (Å²) < 4.78 is 5.11. The van der Waals surface area contributed by atoms with E-state index in [2.05, 4.69) is 20.6 Å². The molecule has 1 aromatic carbocycles. The van der Waals surface area contributed by atoms with Crippen LogP contribution in [0, 0.1) is 19.8 Å². The molecule has 3 N–H and O–H groups in total. The average Bonchev–Trinajstić information content (AvgIpc) is 3.04. The van der Waals surface area contributed by atoms with Gasteiger partial charge in [0.15, 0.2) is 0 Å². The number of thiophene rings is 1. The van der Waals surface area contributed by atoms with Crippen molar-refractivity contribution >= 4 is 56.7 Å². The Bertz CT molecular complexity index is 1220. The molecule has 0 saturated heterocycles. The Morgan fingerprint density at radius 2 is 1.88 bits per heavy atom. The first-order valence-corrected chi connectivity index (χ1v) is 12.5. The molecule has 2 heterocycles. The molecule has 0 aliphatic rings. The predicted molar refractivity (Wildman–Crippen MR) is 135 cm³/mol. The molecule has 0 aliphatic heterocycles. The summed E-state index contributed by atoms with van der Waals surface area (Å²) >= 11 is 2.88. The fourth-order valence-corrected chi connectivity index (χ4v) is 4.77. The number of hydrogen-bond donors (Lipinski definition) is 3. The van der Waals surface area contributed by atoms with E-state index in [1.807, 2.05) is 27.7 Å².